The van der Waals surface area contributed by atoms with Gasteiger partial charge in [0.2, 0.25) is 0 Å². The third-order valence-corrected chi connectivity index (χ3v) is 5.85. The Hall–Kier alpha value is -0.860. The molecule has 0 atom stereocenters. The molecule has 2 N–H and O–H groups in total. The fourth-order valence-corrected chi connectivity index (χ4v) is 4.46. The van der Waals surface area contributed by atoms with E-state index in [0.29, 0.717) is 0 Å². The maximum Gasteiger partial charge on any atom is 0.0983 e. The third kappa shape index (κ3) is 4.82. The molecule has 3 rings (SSSR count). The van der Waals surface area contributed by atoms with Crippen LogP contribution in [0.3, 0.4) is 0 Å². The first-order chi connectivity index (χ1) is 10.9. The van der Waals surface area contributed by atoms with Crippen LogP contribution in [0.25, 0.3) is 0 Å². The maximum atomic E-state index is 2.27. The Balaban J connectivity index is 1.35. The van der Waals surface area contributed by atoms with Gasteiger partial charge < -0.3 is 9.80 Å². The molecule has 0 aliphatic carbocycles. The van der Waals surface area contributed by atoms with Crippen LogP contribution in [0.2, 0.25) is 0 Å². The Kier molecular flexibility index (Phi) is 6.32. The van der Waals surface area contributed by atoms with Crippen LogP contribution in [-0.4, -0.2) is 38.8 Å². The molecular weight excluding hydrogens is 268 g/mol. The molecule has 2 fully saturated rings. The van der Waals surface area contributed by atoms with E-state index in [1.165, 1.54) is 89.7 Å². The highest BCUT2D eigenvalue weighted by Gasteiger charge is 2.29. The predicted octanol–water partition coefficient (Wildman–Crippen LogP) is 1.13. The number of nitrogens with one attached hydrogen (secondary N) is 2. The van der Waals surface area contributed by atoms with Crippen molar-refractivity contribution in [2.75, 3.05) is 32.7 Å². The third-order valence-electron chi connectivity index (χ3n) is 5.85. The molecule has 0 spiro atoms. The first-order valence-corrected chi connectivity index (χ1v) is 9.64. The van der Waals surface area contributed by atoms with Gasteiger partial charge in [-0.2, -0.15) is 0 Å². The summed E-state index contributed by atoms with van der Waals surface area (Å²) in [5.41, 5.74) is 1.51. The van der Waals surface area contributed by atoms with Crippen molar-refractivity contribution in [3.8, 4) is 0 Å². The molecule has 0 amide bonds. The zero-order valence-corrected chi connectivity index (χ0v) is 14.2. The predicted molar refractivity (Wildman–Crippen MR) is 92.5 cm³/mol. The van der Waals surface area contributed by atoms with Gasteiger partial charge in [0.15, 0.2) is 0 Å². The lowest BCUT2D eigenvalue weighted by Gasteiger charge is -2.34. The minimum atomic E-state index is 0.982. The summed E-state index contributed by atoms with van der Waals surface area (Å²) in [7, 11) is 0. The van der Waals surface area contributed by atoms with Gasteiger partial charge in [-0.25, -0.2) is 0 Å². The minimum absolute atomic E-state index is 0.982. The van der Waals surface area contributed by atoms with Crippen molar-refractivity contribution in [3.05, 3.63) is 35.9 Å². The van der Waals surface area contributed by atoms with E-state index in [-0.39, 0.29) is 0 Å². The van der Waals surface area contributed by atoms with Gasteiger partial charge in [0.1, 0.15) is 0 Å². The molecule has 0 saturated carbocycles. The molecule has 0 bridgehead atoms. The molecule has 2 nitrogen and oxygen atoms in total. The topological polar surface area (TPSA) is 8.88 Å². The molecule has 2 heterocycles. The Morgan fingerprint density at radius 2 is 1.50 bits per heavy atom. The number of hydrogen-bond acceptors (Lipinski definition) is 0. The van der Waals surface area contributed by atoms with E-state index in [1.807, 2.05) is 9.80 Å². The molecule has 1 aromatic rings. The van der Waals surface area contributed by atoms with Crippen LogP contribution in [0.4, 0.5) is 0 Å². The van der Waals surface area contributed by atoms with Gasteiger partial charge in [0, 0.05) is 19.3 Å². The number of rotatable bonds is 5. The summed E-state index contributed by atoms with van der Waals surface area (Å²) in [6, 6.07) is 12.0. The van der Waals surface area contributed by atoms with E-state index in [1.54, 1.807) is 0 Å². The lowest BCUT2D eigenvalue weighted by Crippen LogP contribution is -3.20. The van der Waals surface area contributed by atoms with Crippen molar-refractivity contribution in [2.24, 2.45) is 0 Å². The summed E-state index contributed by atoms with van der Waals surface area (Å²) in [5.74, 6) is 0. The quantitative estimate of drug-likeness (QED) is 0.807. The molecule has 2 aliphatic rings. The molecule has 2 heteroatoms. The van der Waals surface area contributed by atoms with Gasteiger partial charge in [-0.05, 0) is 37.7 Å². The van der Waals surface area contributed by atoms with Crippen molar-refractivity contribution in [1.29, 1.82) is 0 Å². The largest absolute Gasteiger partial charge is 0.335 e. The van der Waals surface area contributed by atoms with Gasteiger partial charge in [0.05, 0.1) is 38.8 Å². The second-order valence-electron chi connectivity index (χ2n) is 7.44. The molecule has 0 radical (unpaired) electrons. The van der Waals surface area contributed by atoms with Crippen molar-refractivity contribution in [3.63, 3.8) is 0 Å². The lowest BCUT2D eigenvalue weighted by atomic mass is 10.0. The minimum Gasteiger partial charge on any atom is -0.335 e. The smallest absolute Gasteiger partial charge is 0.0983 e. The van der Waals surface area contributed by atoms with Crippen molar-refractivity contribution >= 4 is 0 Å². The second-order valence-corrected chi connectivity index (χ2v) is 7.44. The second kappa shape index (κ2) is 8.69. The molecular formula is C20H34N2+2. The highest BCUT2D eigenvalue weighted by Crippen LogP contribution is 2.04. The summed E-state index contributed by atoms with van der Waals surface area (Å²) >= 11 is 0. The van der Waals surface area contributed by atoms with Crippen LogP contribution >= 0.6 is 0 Å². The van der Waals surface area contributed by atoms with Crippen molar-refractivity contribution < 1.29 is 9.80 Å². The number of piperidine rings is 1. The SMILES string of the molecule is c1ccc(CCC[NH+]2CCC([NH+]3CCCCCC3)CC2)cc1. The maximum absolute atomic E-state index is 2.27. The fourth-order valence-electron chi connectivity index (χ4n) is 4.46. The van der Waals surface area contributed by atoms with Crippen molar-refractivity contribution in [1.82, 2.24) is 0 Å². The van der Waals surface area contributed by atoms with Crippen LogP contribution in [0.5, 0.6) is 0 Å². The number of aryl methyl sites for hydroxylation is 1. The van der Waals surface area contributed by atoms with Gasteiger partial charge in [0.25, 0.3) is 0 Å². The molecule has 0 unspecified atom stereocenters. The Labute approximate surface area is 136 Å². The molecule has 122 valence electrons. The van der Waals surface area contributed by atoms with Gasteiger partial charge in [-0.15, -0.1) is 0 Å². The Morgan fingerprint density at radius 3 is 2.18 bits per heavy atom. The first kappa shape index (κ1) is 16.0. The number of likely N-dealkylation sites (tertiary alicyclic amines) is 2. The Bertz CT molecular complexity index is 401. The summed E-state index contributed by atoms with van der Waals surface area (Å²) in [6.45, 7) is 7.12. The van der Waals surface area contributed by atoms with Crippen LogP contribution in [0, 0.1) is 0 Å². The molecule has 1 aromatic carbocycles. The summed E-state index contributed by atoms with van der Waals surface area (Å²) < 4.78 is 0. The summed E-state index contributed by atoms with van der Waals surface area (Å²) in [5, 5.41) is 0. The van der Waals surface area contributed by atoms with Crippen molar-refractivity contribution in [2.45, 2.75) is 57.4 Å². The molecule has 0 aromatic heterocycles. The fraction of sp³-hybridized carbons (Fsp3) is 0.700. The number of quaternary nitrogens is 2. The molecule has 2 aliphatic heterocycles. The van der Waals surface area contributed by atoms with E-state index in [9.17, 15) is 0 Å². The van der Waals surface area contributed by atoms with E-state index in [4.69, 9.17) is 0 Å². The highest BCUT2D eigenvalue weighted by atomic mass is 15.2. The monoisotopic (exact) mass is 302 g/mol. The van der Waals surface area contributed by atoms with E-state index < -0.39 is 0 Å². The zero-order valence-electron chi connectivity index (χ0n) is 14.2. The van der Waals surface area contributed by atoms with E-state index in [0.717, 1.165) is 6.04 Å². The van der Waals surface area contributed by atoms with E-state index in [2.05, 4.69) is 30.3 Å². The zero-order chi connectivity index (χ0) is 15.0. The average Bonchev–Trinajstić information content (AvgIpc) is 2.86. The van der Waals surface area contributed by atoms with E-state index >= 15 is 0 Å². The first-order valence-electron chi connectivity index (χ1n) is 9.64. The lowest BCUT2D eigenvalue weighted by molar-refractivity contribution is -0.957. The standard InChI is InChI=1S/C20H32N2/c1-2-7-16-22(15-6-1)20-12-17-21(18-13-20)14-8-11-19-9-4-3-5-10-19/h3-5,9-10,20H,1-2,6-8,11-18H2/p+2. The average molecular weight is 303 g/mol. The van der Waals surface area contributed by atoms with Gasteiger partial charge in [-0.3, -0.25) is 0 Å². The van der Waals surface area contributed by atoms with Crippen LogP contribution < -0.4 is 9.80 Å². The van der Waals surface area contributed by atoms with Crippen LogP contribution in [0.1, 0.15) is 50.5 Å². The van der Waals surface area contributed by atoms with Crippen LogP contribution in [0.15, 0.2) is 30.3 Å². The summed E-state index contributed by atoms with van der Waals surface area (Å²) in [4.78, 5) is 3.81. The molecule has 22 heavy (non-hydrogen) atoms. The summed E-state index contributed by atoms with van der Waals surface area (Å²) in [6.07, 6.45) is 11.4. The van der Waals surface area contributed by atoms with Gasteiger partial charge >= 0.3 is 0 Å². The number of hydrogen-bond donors (Lipinski definition) is 2. The number of benzene rings is 1. The molecule has 2 saturated heterocycles. The Morgan fingerprint density at radius 1 is 0.818 bits per heavy atom. The highest BCUT2D eigenvalue weighted by molar-refractivity contribution is 5.14. The van der Waals surface area contributed by atoms with Gasteiger partial charge in [-0.1, -0.05) is 30.3 Å². The van der Waals surface area contributed by atoms with Crippen LogP contribution in [-0.2, 0) is 6.42 Å². The normalized spacial score (nSPS) is 27.5.